The molecule has 0 spiro atoms. The molecule has 1 aliphatic rings. The summed E-state index contributed by atoms with van der Waals surface area (Å²) >= 11 is 0. The van der Waals surface area contributed by atoms with Crippen LogP contribution in [0.4, 0.5) is 28.6 Å². The quantitative estimate of drug-likeness (QED) is 0.0944. The van der Waals surface area contributed by atoms with Gasteiger partial charge in [0.1, 0.15) is 11.4 Å². The van der Waals surface area contributed by atoms with Crippen molar-refractivity contribution in [1.82, 2.24) is 0 Å². The van der Waals surface area contributed by atoms with Gasteiger partial charge in [0.2, 0.25) is 6.34 Å². The zero-order valence-corrected chi connectivity index (χ0v) is 29.2. The summed E-state index contributed by atoms with van der Waals surface area (Å²) < 4.78 is 41.5. The second-order valence-electron chi connectivity index (χ2n) is 13.3. The van der Waals surface area contributed by atoms with Gasteiger partial charge < -0.3 is 17.3 Å². The van der Waals surface area contributed by atoms with E-state index in [0.717, 1.165) is 0 Å². The van der Waals surface area contributed by atoms with Crippen LogP contribution in [-0.2, 0) is 0 Å². The lowest BCUT2D eigenvalue weighted by molar-refractivity contribution is -0.480. The molecule has 54 heavy (non-hydrogen) atoms. The Hall–Kier alpha value is -6.47. The van der Waals surface area contributed by atoms with Crippen molar-refractivity contribution in [1.29, 1.82) is 0 Å². The fourth-order valence-corrected chi connectivity index (χ4v) is 7.59. The van der Waals surface area contributed by atoms with Crippen molar-refractivity contribution in [3.63, 3.8) is 0 Å². The molecule has 2 atom stereocenters. The van der Waals surface area contributed by atoms with Crippen molar-refractivity contribution in [3.05, 3.63) is 205 Å². The Morgan fingerprint density at radius 1 is 0.426 bits per heavy atom. The predicted octanol–water partition coefficient (Wildman–Crippen LogP) is 13.3. The third kappa shape index (κ3) is 7.26. The molecule has 2 nitrogen and oxygen atoms in total. The minimum atomic E-state index is -6.00. The molecule has 0 aromatic heterocycles. The van der Waals surface area contributed by atoms with Crippen molar-refractivity contribution in [2.75, 3.05) is 4.90 Å². The molecule has 9 rings (SSSR count). The number of para-hydroxylation sites is 2. The molecule has 0 saturated heterocycles. The van der Waals surface area contributed by atoms with Crippen LogP contribution in [0.25, 0.3) is 43.8 Å². The summed E-state index contributed by atoms with van der Waals surface area (Å²) in [5.41, 5.74) is 9.74. The van der Waals surface area contributed by atoms with Crippen LogP contribution in [0.3, 0.4) is 0 Å². The van der Waals surface area contributed by atoms with Crippen molar-refractivity contribution >= 4 is 46.5 Å². The van der Waals surface area contributed by atoms with E-state index in [1.165, 1.54) is 66.3 Å². The van der Waals surface area contributed by atoms with Gasteiger partial charge in [0, 0.05) is 22.3 Å². The Bertz CT molecular complexity index is 2580. The topological polar surface area (TPSA) is 6.25 Å². The Balaban J connectivity index is 0.000000778. The highest BCUT2D eigenvalue weighted by Crippen LogP contribution is 2.49. The summed E-state index contributed by atoms with van der Waals surface area (Å²) in [5, 5.41) is 4.99. The summed E-state index contributed by atoms with van der Waals surface area (Å²) in [6.45, 7) is 0. The van der Waals surface area contributed by atoms with E-state index >= 15 is 0 Å². The highest BCUT2D eigenvalue weighted by Gasteiger charge is 2.46. The van der Waals surface area contributed by atoms with Crippen LogP contribution in [0.2, 0.25) is 0 Å². The Kier molecular flexibility index (Phi) is 9.54. The van der Waals surface area contributed by atoms with Gasteiger partial charge in [-0.1, -0.05) is 170 Å². The summed E-state index contributed by atoms with van der Waals surface area (Å²) in [5.74, 6) is 0. The van der Waals surface area contributed by atoms with Crippen LogP contribution in [0.15, 0.2) is 194 Å². The first kappa shape index (κ1) is 34.6. The van der Waals surface area contributed by atoms with Gasteiger partial charge in [0.05, 0.1) is 0 Å². The Labute approximate surface area is 312 Å². The maximum absolute atomic E-state index is 9.75. The number of halogens is 4. The summed E-state index contributed by atoms with van der Waals surface area (Å²) in [7, 11) is -6.00. The van der Waals surface area contributed by atoms with Crippen LogP contribution >= 0.6 is 0 Å². The molecule has 0 amide bonds. The molecule has 0 N–H and O–H groups in total. The van der Waals surface area contributed by atoms with E-state index in [0.29, 0.717) is 0 Å². The Morgan fingerprint density at radius 3 is 1.46 bits per heavy atom. The average molecular weight is 715 g/mol. The van der Waals surface area contributed by atoms with Gasteiger partial charge >= 0.3 is 7.25 Å². The average Bonchev–Trinajstić information content (AvgIpc) is 3.61. The van der Waals surface area contributed by atoms with Crippen LogP contribution in [-0.4, -0.2) is 18.2 Å². The van der Waals surface area contributed by atoms with E-state index in [2.05, 4.69) is 210 Å². The lowest BCUT2D eigenvalue weighted by atomic mass is 9.91. The molecule has 0 aliphatic carbocycles. The summed E-state index contributed by atoms with van der Waals surface area (Å²) in [6.07, 6.45) is 2.36. The van der Waals surface area contributed by atoms with Crippen molar-refractivity contribution in [2.45, 2.75) is 12.1 Å². The molecular formula is C47H35BF4N2. The van der Waals surface area contributed by atoms with Gasteiger partial charge in [-0.2, -0.15) is 0 Å². The highest BCUT2D eigenvalue weighted by atomic mass is 19.5. The van der Waals surface area contributed by atoms with Gasteiger partial charge in [-0.05, 0) is 56.9 Å². The minimum Gasteiger partial charge on any atom is -0.418 e. The highest BCUT2D eigenvalue weighted by molar-refractivity contribution is 6.50. The number of benzene rings is 8. The third-order valence-electron chi connectivity index (χ3n) is 9.91. The fraction of sp³-hybridized carbons (Fsp3) is 0.0426. The van der Waals surface area contributed by atoms with E-state index in [-0.39, 0.29) is 12.1 Å². The zero-order valence-electron chi connectivity index (χ0n) is 29.2. The number of anilines is 1. The normalized spacial score (nSPS) is 15.5. The largest absolute Gasteiger partial charge is 0.673 e. The second-order valence-corrected chi connectivity index (χ2v) is 13.3. The smallest absolute Gasteiger partial charge is 0.418 e. The molecule has 1 heterocycles. The van der Waals surface area contributed by atoms with Crippen molar-refractivity contribution in [3.8, 4) is 22.3 Å². The van der Waals surface area contributed by atoms with Crippen LogP contribution in [0.5, 0.6) is 0 Å². The first-order valence-corrected chi connectivity index (χ1v) is 17.9. The molecule has 0 saturated carbocycles. The number of hydrogen-bond donors (Lipinski definition) is 0. The summed E-state index contributed by atoms with van der Waals surface area (Å²) in [4.78, 5) is 2.51. The van der Waals surface area contributed by atoms with Crippen LogP contribution < -0.4 is 4.90 Å². The SMILES string of the molecule is C1=[N+](c2ccccc2-c2ccc3ccccc3c2)[C@@H](c2ccccc2)[C@H](c2ccccc2)N1c1ccccc1-c1ccc2ccccc2c1.F[B-](F)(F)F. The molecule has 264 valence electrons. The third-order valence-corrected chi connectivity index (χ3v) is 9.91. The molecule has 1 aliphatic heterocycles. The number of rotatable bonds is 6. The van der Waals surface area contributed by atoms with Crippen LogP contribution in [0, 0.1) is 0 Å². The van der Waals surface area contributed by atoms with Gasteiger partial charge in [-0.25, -0.2) is 9.48 Å². The first-order chi connectivity index (χ1) is 26.3. The molecule has 0 unspecified atom stereocenters. The lowest BCUT2D eigenvalue weighted by Crippen LogP contribution is -2.26. The maximum Gasteiger partial charge on any atom is 0.673 e. The van der Waals surface area contributed by atoms with Crippen molar-refractivity contribution < 1.29 is 21.8 Å². The molecule has 8 aromatic carbocycles. The van der Waals surface area contributed by atoms with E-state index in [4.69, 9.17) is 0 Å². The van der Waals surface area contributed by atoms with Gasteiger partial charge in [0.15, 0.2) is 12.1 Å². The molecular weight excluding hydrogens is 679 g/mol. The van der Waals surface area contributed by atoms with E-state index in [1.807, 2.05) is 0 Å². The number of fused-ring (bicyclic) bond motifs is 2. The minimum absolute atomic E-state index is 0.00914. The first-order valence-electron chi connectivity index (χ1n) is 17.9. The Morgan fingerprint density at radius 2 is 0.870 bits per heavy atom. The molecule has 0 fully saturated rings. The standard InChI is InChI=1S/C47H35N2.BF4/c1-3-17-36(18-4-1)46-47(37-19-5-2-6-20-37)49(45-26-14-12-24-43(45)41-30-28-35-16-8-10-22-39(35)32-41)33-48(46)44-25-13-11-23-42(44)40-29-27-34-15-7-9-21-38(34)31-40;2-1(3,4)5/h1-33,46-47H;/q+1;-1/t46-,47-;/m0./s1. The zero-order chi connectivity index (χ0) is 37.1. The predicted molar refractivity (Wildman–Crippen MR) is 216 cm³/mol. The van der Waals surface area contributed by atoms with E-state index < -0.39 is 7.25 Å². The lowest BCUT2D eigenvalue weighted by Gasteiger charge is -2.25. The second kappa shape index (κ2) is 14.9. The van der Waals surface area contributed by atoms with Gasteiger partial charge in [-0.15, -0.1) is 0 Å². The van der Waals surface area contributed by atoms with Crippen molar-refractivity contribution in [2.24, 2.45) is 0 Å². The van der Waals surface area contributed by atoms with E-state index in [9.17, 15) is 17.3 Å². The monoisotopic (exact) mass is 714 g/mol. The fourth-order valence-electron chi connectivity index (χ4n) is 7.59. The van der Waals surface area contributed by atoms with Crippen LogP contribution in [0.1, 0.15) is 23.2 Å². The summed E-state index contributed by atoms with van der Waals surface area (Å²) in [6, 6.07) is 70.6. The molecule has 7 heteroatoms. The van der Waals surface area contributed by atoms with E-state index in [1.54, 1.807) is 0 Å². The maximum atomic E-state index is 9.75. The van der Waals surface area contributed by atoms with Gasteiger partial charge in [0.25, 0.3) is 0 Å². The number of hydrogen-bond acceptors (Lipinski definition) is 1. The molecule has 0 radical (unpaired) electrons. The number of nitrogens with zero attached hydrogens (tertiary/aromatic N) is 2. The molecule has 8 aromatic rings. The van der Waals surface area contributed by atoms with Gasteiger partial charge in [-0.3, -0.25) is 0 Å². The molecule has 0 bridgehead atoms.